The van der Waals surface area contributed by atoms with Gasteiger partial charge in [-0.25, -0.2) is 0 Å². The van der Waals surface area contributed by atoms with Gasteiger partial charge in [-0.3, -0.25) is 10.1 Å². The van der Waals surface area contributed by atoms with Crippen LogP contribution in [0.5, 0.6) is 0 Å². The summed E-state index contributed by atoms with van der Waals surface area (Å²) in [6.45, 7) is 0. The Morgan fingerprint density at radius 1 is 0.667 bits per heavy atom. The van der Waals surface area contributed by atoms with E-state index in [4.69, 9.17) is 70.8 Å². The first-order chi connectivity index (χ1) is 15.6. The second-order valence-corrected chi connectivity index (χ2v) is 8.85. The van der Waals surface area contributed by atoms with Crippen LogP contribution < -0.4 is 21.3 Å². The van der Waals surface area contributed by atoms with Crippen LogP contribution in [-0.2, 0) is 0 Å². The van der Waals surface area contributed by atoms with Gasteiger partial charge in [0.05, 0.1) is 25.0 Å². The van der Waals surface area contributed by atoms with E-state index in [1.807, 2.05) is 0 Å². The number of anilines is 4. The summed E-state index contributed by atoms with van der Waals surface area (Å²) in [6.07, 6.45) is 0. The van der Waals surface area contributed by atoms with E-state index < -0.39 is 4.92 Å². The van der Waals surface area contributed by atoms with Crippen LogP contribution in [-0.4, -0.2) is 15.1 Å². The molecule has 3 aromatic rings. The summed E-state index contributed by atoms with van der Waals surface area (Å²) in [4.78, 5) is 10.9. The Bertz CT molecular complexity index is 1260. The molecule has 3 aromatic carbocycles. The van der Waals surface area contributed by atoms with Crippen molar-refractivity contribution in [3.8, 4) is 0 Å². The third kappa shape index (κ3) is 7.04. The summed E-state index contributed by atoms with van der Waals surface area (Å²) in [7, 11) is 0. The van der Waals surface area contributed by atoms with E-state index in [2.05, 4.69) is 21.3 Å². The van der Waals surface area contributed by atoms with Crippen LogP contribution in [0, 0.1) is 10.1 Å². The molecule has 0 radical (unpaired) electrons. The fourth-order valence-corrected chi connectivity index (χ4v) is 3.66. The number of hydrogen-bond donors (Lipinski definition) is 4. The van der Waals surface area contributed by atoms with Crippen LogP contribution in [0.2, 0.25) is 20.1 Å². The van der Waals surface area contributed by atoms with E-state index in [0.717, 1.165) is 0 Å². The van der Waals surface area contributed by atoms with E-state index in [9.17, 15) is 10.1 Å². The minimum atomic E-state index is -0.528. The van der Waals surface area contributed by atoms with Crippen molar-refractivity contribution in [2.45, 2.75) is 0 Å². The van der Waals surface area contributed by atoms with Gasteiger partial charge in [0, 0.05) is 23.1 Å². The van der Waals surface area contributed by atoms with Gasteiger partial charge >= 0.3 is 0 Å². The number of nitro benzene ring substituents is 1. The maximum atomic E-state index is 11.5. The number of nitrogens with one attached hydrogen (secondary N) is 4. The van der Waals surface area contributed by atoms with Crippen LogP contribution in [0.4, 0.5) is 28.4 Å². The average Bonchev–Trinajstić information content (AvgIpc) is 2.73. The lowest BCUT2D eigenvalue weighted by Gasteiger charge is -2.14. The zero-order valence-corrected chi connectivity index (χ0v) is 20.9. The topological polar surface area (TPSA) is 91.3 Å². The molecule has 7 nitrogen and oxygen atoms in total. The lowest BCUT2D eigenvalue weighted by atomic mass is 10.2. The second kappa shape index (κ2) is 11.1. The molecule has 0 atom stereocenters. The molecule has 0 heterocycles. The standard InChI is InChI=1S/C20H13Cl4N5O2S2/c21-13-4-1-10(7-15(13)23)25-19(32)27-12-3-6-18(29(30)31)17(9-12)28-20(33)26-11-2-5-14(22)16(24)8-11/h1-9H,(H2,25,27,32)(H2,26,28,33). The van der Waals surface area contributed by atoms with Crippen molar-refractivity contribution in [1.29, 1.82) is 0 Å². The monoisotopic (exact) mass is 559 g/mol. The summed E-state index contributed by atoms with van der Waals surface area (Å²) in [5.41, 5.74) is 1.64. The van der Waals surface area contributed by atoms with Crippen LogP contribution in [0.1, 0.15) is 0 Å². The van der Waals surface area contributed by atoms with Crippen LogP contribution in [0.25, 0.3) is 0 Å². The molecule has 0 saturated carbocycles. The summed E-state index contributed by atoms with van der Waals surface area (Å²) in [6, 6.07) is 14.2. The molecule has 13 heteroatoms. The minimum Gasteiger partial charge on any atom is -0.332 e. The van der Waals surface area contributed by atoms with Crippen molar-refractivity contribution in [1.82, 2.24) is 0 Å². The van der Waals surface area contributed by atoms with Gasteiger partial charge in [0.2, 0.25) is 0 Å². The van der Waals surface area contributed by atoms with Crippen LogP contribution in [0.3, 0.4) is 0 Å². The second-order valence-electron chi connectivity index (χ2n) is 6.41. The van der Waals surface area contributed by atoms with Crippen molar-refractivity contribution in [2.75, 3.05) is 21.3 Å². The van der Waals surface area contributed by atoms with E-state index >= 15 is 0 Å². The zero-order chi connectivity index (χ0) is 24.1. The highest BCUT2D eigenvalue weighted by Crippen LogP contribution is 2.30. The lowest BCUT2D eigenvalue weighted by Crippen LogP contribution is -2.21. The first-order valence-corrected chi connectivity index (χ1v) is 11.3. The molecule has 0 bridgehead atoms. The normalized spacial score (nSPS) is 10.3. The Labute approximate surface area is 219 Å². The maximum absolute atomic E-state index is 11.5. The highest BCUT2D eigenvalue weighted by Gasteiger charge is 2.16. The quantitative estimate of drug-likeness (QED) is 0.142. The maximum Gasteiger partial charge on any atom is 0.292 e. The fraction of sp³-hybridized carbons (Fsp3) is 0. The smallest absolute Gasteiger partial charge is 0.292 e. The summed E-state index contributed by atoms with van der Waals surface area (Å²) >= 11 is 34.4. The van der Waals surface area contributed by atoms with E-state index in [0.29, 0.717) is 37.2 Å². The highest BCUT2D eigenvalue weighted by molar-refractivity contribution is 7.81. The van der Waals surface area contributed by atoms with Crippen LogP contribution >= 0.6 is 70.8 Å². The van der Waals surface area contributed by atoms with E-state index in [-0.39, 0.29) is 21.6 Å². The molecule has 0 aliphatic rings. The summed E-state index contributed by atoms with van der Waals surface area (Å²) in [5, 5.41) is 25.0. The predicted octanol–water partition coefficient (Wildman–Crippen LogP) is 7.83. The molecule has 0 unspecified atom stereocenters. The molecule has 0 amide bonds. The number of nitrogens with zero attached hydrogens (tertiary/aromatic N) is 1. The van der Waals surface area contributed by atoms with E-state index in [1.165, 1.54) is 18.2 Å². The van der Waals surface area contributed by atoms with Crippen molar-refractivity contribution in [2.24, 2.45) is 0 Å². The van der Waals surface area contributed by atoms with Crippen molar-refractivity contribution in [3.05, 3.63) is 84.8 Å². The molecule has 0 saturated heterocycles. The predicted molar refractivity (Wildman–Crippen MR) is 146 cm³/mol. The molecular weight excluding hydrogens is 548 g/mol. The number of nitro groups is 1. The Morgan fingerprint density at radius 3 is 1.55 bits per heavy atom. The van der Waals surface area contributed by atoms with Crippen LogP contribution in [0.15, 0.2) is 54.6 Å². The highest BCUT2D eigenvalue weighted by atomic mass is 35.5. The zero-order valence-electron chi connectivity index (χ0n) is 16.3. The van der Waals surface area contributed by atoms with Gasteiger partial charge in [-0.15, -0.1) is 0 Å². The first kappa shape index (κ1) is 25.2. The van der Waals surface area contributed by atoms with Crippen molar-refractivity contribution in [3.63, 3.8) is 0 Å². The molecule has 0 spiro atoms. The molecular formula is C20H13Cl4N5O2S2. The van der Waals surface area contributed by atoms with E-state index in [1.54, 1.807) is 36.4 Å². The molecule has 0 fully saturated rings. The van der Waals surface area contributed by atoms with Gasteiger partial charge in [0.25, 0.3) is 5.69 Å². The van der Waals surface area contributed by atoms with Gasteiger partial charge in [0.1, 0.15) is 5.69 Å². The summed E-state index contributed by atoms with van der Waals surface area (Å²) in [5.74, 6) is 0. The van der Waals surface area contributed by atoms with Gasteiger partial charge in [-0.2, -0.15) is 0 Å². The number of hydrogen-bond acceptors (Lipinski definition) is 4. The fourth-order valence-electron chi connectivity index (χ4n) is 2.60. The number of benzene rings is 3. The molecule has 33 heavy (non-hydrogen) atoms. The minimum absolute atomic E-state index is 0.116. The number of rotatable bonds is 5. The SMILES string of the molecule is O=[N+]([O-])c1ccc(NC(=S)Nc2ccc(Cl)c(Cl)c2)cc1NC(=S)Nc1ccc(Cl)c(Cl)c1. The third-order valence-electron chi connectivity index (χ3n) is 4.05. The Hall–Kier alpha value is -2.40. The van der Waals surface area contributed by atoms with Gasteiger partial charge < -0.3 is 21.3 Å². The largest absolute Gasteiger partial charge is 0.332 e. The Kier molecular flexibility index (Phi) is 8.52. The lowest BCUT2D eigenvalue weighted by molar-refractivity contribution is -0.383. The van der Waals surface area contributed by atoms with Gasteiger partial charge in [-0.1, -0.05) is 46.4 Å². The number of thiocarbonyl (C=S) groups is 2. The average molecular weight is 561 g/mol. The molecule has 0 aliphatic heterocycles. The number of halogens is 4. The van der Waals surface area contributed by atoms with Crippen molar-refractivity contribution < 1.29 is 4.92 Å². The van der Waals surface area contributed by atoms with Gasteiger partial charge in [0.15, 0.2) is 10.2 Å². The van der Waals surface area contributed by atoms with Crippen molar-refractivity contribution >= 4 is 110 Å². The first-order valence-electron chi connectivity index (χ1n) is 8.97. The Balaban J connectivity index is 1.73. The molecule has 170 valence electrons. The Morgan fingerprint density at radius 2 is 1.09 bits per heavy atom. The van der Waals surface area contributed by atoms with Gasteiger partial charge in [-0.05, 0) is 73.0 Å². The summed E-state index contributed by atoms with van der Waals surface area (Å²) < 4.78 is 0. The molecule has 0 aromatic heterocycles. The third-order valence-corrected chi connectivity index (χ3v) is 5.94. The molecule has 4 N–H and O–H groups in total. The molecule has 3 rings (SSSR count). The molecule has 0 aliphatic carbocycles.